The molecule has 0 aliphatic carbocycles. The highest BCUT2D eigenvalue weighted by atomic mass is 16.5. The zero-order chi connectivity index (χ0) is 17.4. The second-order valence-electron chi connectivity index (χ2n) is 5.72. The number of rotatable bonds is 8. The highest BCUT2D eigenvalue weighted by molar-refractivity contribution is 5.87. The Morgan fingerprint density at radius 1 is 1.17 bits per heavy atom. The number of hydrogen-bond donors (Lipinski definition) is 1. The molecule has 1 N–H and O–H groups in total. The topological polar surface area (TPSA) is 58.6 Å². The van der Waals surface area contributed by atoms with Gasteiger partial charge in [0.15, 0.2) is 0 Å². The summed E-state index contributed by atoms with van der Waals surface area (Å²) in [5, 5.41) is 2.94. The lowest BCUT2D eigenvalue weighted by molar-refractivity contribution is -0.140. The molecule has 1 aromatic carbocycles. The Morgan fingerprint density at radius 3 is 2.26 bits per heavy atom. The standard InChI is InChI=1S/C18H28N2O3/c1-6-13(3)19-18(22)14(4)20(17(21)7-2)12-15-8-10-16(23-5)11-9-15/h8-11,13-14H,6-7,12H2,1-5H3,(H,19,22)/t13-,14+/m0/s1. The van der Waals surface area contributed by atoms with Crippen molar-refractivity contribution in [2.24, 2.45) is 0 Å². The van der Waals surface area contributed by atoms with Crippen LogP contribution in [-0.2, 0) is 16.1 Å². The van der Waals surface area contributed by atoms with Crippen molar-refractivity contribution in [1.29, 1.82) is 0 Å². The first-order chi connectivity index (χ1) is 10.9. The summed E-state index contributed by atoms with van der Waals surface area (Å²) in [6.45, 7) is 7.96. The summed E-state index contributed by atoms with van der Waals surface area (Å²) >= 11 is 0. The molecule has 0 saturated carbocycles. The summed E-state index contributed by atoms with van der Waals surface area (Å²) in [6.07, 6.45) is 1.23. The molecule has 1 aromatic rings. The minimum absolute atomic E-state index is 0.0346. The molecule has 0 aliphatic rings. The van der Waals surface area contributed by atoms with Gasteiger partial charge in [0, 0.05) is 19.0 Å². The van der Waals surface area contributed by atoms with Crippen LogP contribution in [0.5, 0.6) is 5.75 Å². The van der Waals surface area contributed by atoms with E-state index in [1.54, 1.807) is 18.9 Å². The van der Waals surface area contributed by atoms with E-state index in [9.17, 15) is 9.59 Å². The number of carbonyl (C=O) groups is 2. The van der Waals surface area contributed by atoms with Crippen molar-refractivity contribution >= 4 is 11.8 Å². The quantitative estimate of drug-likeness (QED) is 0.801. The molecule has 0 spiro atoms. The van der Waals surface area contributed by atoms with Gasteiger partial charge in [-0.2, -0.15) is 0 Å². The largest absolute Gasteiger partial charge is 0.497 e. The number of nitrogens with zero attached hydrogens (tertiary/aromatic N) is 1. The van der Waals surface area contributed by atoms with E-state index in [4.69, 9.17) is 4.74 Å². The summed E-state index contributed by atoms with van der Waals surface area (Å²) in [4.78, 5) is 26.2. The predicted molar refractivity (Wildman–Crippen MR) is 91.2 cm³/mol. The van der Waals surface area contributed by atoms with Crippen molar-refractivity contribution < 1.29 is 14.3 Å². The Hall–Kier alpha value is -2.04. The first-order valence-corrected chi connectivity index (χ1v) is 8.15. The zero-order valence-electron chi connectivity index (χ0n) is 14.8. The van der Waals surface area contributed by atoms with Crippen molar-refractivity contribution in [2.75, 3.05) is 7.11 Å². The summed E-state index contributed by atoms with van der Waals surface area (Å²) < 4.78 is 5.14. The van der Waals surface area contributed by atoms with Crippen molar-refractivity contribution in [3.8, 4) is 5.75 Å². The van der Waals surface area contributed by atoms with Gasteiger partial charge in [-0.3, -0.25) is 9.59 Å². The molecule has 5 nitrogen and oxygen atoms in total. The lowest BCUT2D eigenvalue weighted by atomic mass is 10.1. The fourth-order valence-electron chi connectivity index (χ4n) is 2.18. The SMILES string of the molecule is CCC(=O)N(Cc1ccc(OC)cc1)[C@H](C)C(=O)N[C@@H](C)CC. The van der Waals surface area contributed by atoms with Crippen LogP contribution >= 0.6 is 0 Å². The number of hydrogen-bond acceptors (Lipinski definition) is 3. The minimum Gasteiger partial charge on any atom is -0.497 e. The summed E-state index contributed by atoms with van der Waals surface area (Å²) in [5.74, 6) is 0.618. The third-order valence-corrected chi connectivity index (χ3v) is 3.98. The number of nitrogens with one attached hydrogen (secondary N) is 1. The van der Waals surface area contributed by atoms with E-state index in [0.29, 0.717) is 13.0 Å². The molecule has 0 fully saturated rings. The van der Waals surface area contributed by atoms with E-state index in [-0.39, 0.29) is 17.9 Å². The van der Waals surface area contributed by atoms with Gasteiger partial charge in [0.05, 0.1) is 7.11 Å². The van der Waals surface area contributed by atoms with Gasteiger partial charge in [0.2, 0.25) is 11.8 Å². The molecular formula is C18H28N2O3. The summed E-state index contributed by atoms with van der Waals surface area (Å²) in [7, 11) is 1.61. The average Bonchev–Trinajstić information content (AvgIpc) is 2.58. The van der Waals surface area contributed by atoms with Crippen molar-refractivity contribution in [3.05, 3.63) is 29.8 Å². The molecule has 0 radical (unpaired) electrons. The molecule has 0 saturated heterocycles. The van der Waals surface area contributed by atoms with Crippen LogP contribution in [0.3, 0.4) is 0 Å². The molecule has 128 valence electrons. The van der Waals surface area contributed by atoms with Gasteiger partial charge in [-0.05, 0) is 38.0 Å². The molecule has 2 amide bonds. The molecule has 5 heteroatoms. The Labute approximate surface area is 139 Å². The van der Waals surface area contributed by atoms with Crippen LogP contribution in [0.25, 0.3) is 0 Å². The van der Waals surface area contributed by atoms with E-state index in [1.165, 1.54) is 0 Å². The van der Waals surface area contributed by atoms with E-state index in [2.05, 4.69) is 5.32 Å². The van der Waals surface area contributed by atoms with Crippen molar-refractivity contribution in [3.63, 3.8) is 0 Å². The highest BCUT2D eigenvalue weighted by Gasteiger charge is 2.25. The fraction of sp³-hybridized carbons (Fsp3) is 0.556. The van der Waals surface area contributed by atoms with E-state index < -0.39 is 6.04 Å². The Bertz CT molecular complexity index is 514. The lowest BCUT2D eigenvalue weighted by Crippen LogP contribution is -2.49. The van der Waals surface area contributed by atoms with Crippen LogP contribution in [0.15, 0.2) is 24.3 Å². The highest BCUT2D eigenvalue weighted by Crippen LogP contribution is 2.15. The third-order valence-electron chi connectivity index (χ3n) is 3.98. The van der Waals surface area contributed by atoms with E-state index in [1.807, 2.05) is 45.0 Å². The van der Waals surface area contributed by atoms with Crippen LogP contribution < -0.4 is 10.1 Å². The van der Waals surface area contributed by atoms with Crippen LogP contribution in [0.4, 0.5) is 0 Å². The Kier molecular flexibility index (Phi) is 7.59. The molecule has 23 heavy (non-hydrogen) atoms. The number of carbonyl (C=O) groups excluding carboxylic acids is 2. The Balaban J connectivity index is 2.86. The number of methoxy groups -OCH3 is 1. The number of amides is 2. The predicted octanol–water partition coefficient (Wildman–Crippen LogP) is 2.74. The molecule has 0 bridgehead atoms. The molecule has 0 aromatic heterocycles. The molecular weight excluding hydrogens is 292 g/mol. The first-order valence-electron chi connectivity index (χ1n) is 8.15. The number of benzene rings is 1. The van der Waals surface area contributed by atoms with Crippen LogP contribution in [0, 0.1) is 0 Å². The number of ether oxygens (including phenoxy) is 1. The first kappa shape index (κ1) is 19.0. The smallest absolute Gasteiger partial charge is 0.242 e. The van der Waals surface area contributed by atoms with Crippen LogP contribution in [0.2, 0.25) is 0 Å². The maximum absolute atomic E-state index is 12.3. The molecule has 1 rings (SSSR count). The van der Waals surface area contributed by atoms with Gasteiger partial charge in [-0.1, -0.05) is 26.0 Å². The van der Waals surface area contributed by atoms with Gasteiger partial charge in [0.1, 0.15) is 11.8 Å². The van der Waals surface area contributed by atoms with Gasteiger partial charge < -0.3 is 15.0 Å². The average molecular weight is 320 g/mol. The third kappa shape index (κ3) is 5.58. The second kappa shape index (κ2) is 9.18. The molecule has 0 unspecified atom stereocenters. The Morgan fingerprint density at radius 2 is 1.78 bits per heavy atom. The lowest BCUT2D eigenvalue weighted by Gasteiger charge is -2.29. The van der Waals surface area contributed by atoms with Crippen LogP contribution in [-0.4, -0.2) is 35.9 Å². The van der Waals surface area contributed by atoms with Gasteiger partial charge in [-0.25, -0.2) is 0 Å². The minimum atomic E-state index is -0.501. The van der Waals surface area contributed by atoms with Gasteiger partial charge >= 0.3 is 0 Å². The van der Waals surface area contributed by atoms with Gasteiger partial charge in [0.25, 0.3) is 0 Å². The molecule has 2 atom stereocenters. The summed E-state index contributed by atoms with van der Waals surface area (Å²) in [5.41, 5.74) is 0.968. The molecule has 0 heterocycles. The van der Waals surface area contributed by atoms with E-state index in [0.717, 1.165) is 17.7 Å². The summed E-state index contributed by atoms with van der Waals surface area (Å²) in [6, 6.07) is 7.13. The second-order valence-corrected chi connectivity index (χ2v) is 5.72. The maximum Gasteiger partial charge on any atom is 0.242 e. The van der Waals surface area contributed by atoms with Crippen LogP contribution in [0.1, 0.15) is 46.1 Å². The monoisotopic (exact) mass is 320 g/mol. The van der Waals surface area contributed by atoms with Gasteiger partial charge in [-0.15, -0.1) is 0 Å². The maximum atomic E-state index is 12.3. The van der Waals surface area contributed by atoms with Crippen molar-refractivity contribution in [1.82, 2.24) is 10.2 Å². The zero-order valence-corrected chi connectivity index (χ0v) is 14.8. The van der Waals surface area contributed by atoms with Crippen molar-refractivity contribution in [2.45, 2.75) is 59.2 Å². The molecule has 0 aliphatic heterocycles. The fourth-order valence-corrected chi connectivity index (χ4v) is 2.18. The normalized spacial score (nSPS) is 13.1. The van der Waals surface area contributed by atoms with E-state index >= 15 is 0 Å².